The van der Waals surface area contributed by atoms with Crippen LogP contribution in [0.2, 0.25) is 0 Å². The van der Waals surface area contributed by atoms with Gasteiger partial charge in [0.15, 0.2) is 11.6 Å². The molecule has 0 radical (unpaired) electrons. The zero-order valence-corrected chi connectivity index (χ0v) is 13.7. The number of ether oxygens (including phenoxy) is 1. The maximum atomic E-state index is 14.0. The topological polar surface area (TPSA) is 74.6 Å². The Morgan fingerprint density at radius 1 is 1.04 bits per heavy atom. The van der Waals surface area contributed by atoms with Gasteiger partial charge in [0.1, 0.15) is 24.3 Å². The maximum Gasteiger partial charge on any atom is 0.202 e. The summed E-state index contributed by atoms with van der Waals surface area (Å²) in [5, 5.41) is 22.5. The largest absolute Gasteiger partial charge is 0.484 e. The summed E-state index contributed by atoms with van der Waals surface area (Å²) >= 11 is 0. The molecule has 7 heteroatoms. The third-order valence-corrected chi connectivity index (χ3v) is 3.80. The minimum atomic E-state index is -1.27. The van der Waals surface area contributed by atoms with Crippen LogP contribution >= 0.6 is 0 Å². The molecule has 1 heterocycles. The van der Waals surface area contributed by atoms with E-state index in [0.29, 0.717) is 22.6 Å². The fourth-order valence-corrected chi connectivity index (χ4v) is 2.51. The molecule has 0 fully saturated rings. The third-order valence-electron chi connectivity index (χ3n) is 3.80. The second-order valence-corrected chi connectivity index (χ2v) is 5.41. The standard InChI is InChI=1S/C19H12F2N4O/c1-12-15(10-23)16(25(24-12)14-5-3-2-4-6-14)11-26-17-8-7-13(9-22)18(20)19(17)21/h2-8H,11H2,1H3. The Morgan fingerprint density at radius 2 is 1.77 bits per heavy atom. The number of para-hydroxylation sites is 1. The van der Waals surface area contributed by atoms with Gasteiger partial charge < -0.3 is 4.74 Å². The van der Waals surface area contributed by atoms with E-state index >= 15 is 0 Å². The molecule has 2 aromatic carbocycles. The van der Waals surface area contributed by atoms with Crippen molar-refractivity contribution in [3.05, 3.63) is 76.6 Å². The first-order valence-electron chi connectivity index (χ1n) is 7.61. The number of aromatic nitrogens is 2. The molecule has 1 aromatic heterocycles. The van der Waals surface area contributed by atoms with Crippen molar-refractivity contribution in [1.82, 2.24) is 9.78 Å². The number of aryl methyl sites for hydroxylation is 1. The summed E-state index contributed by atoms with van der Waals surface area (Å²) in [6.45, 7) is 1.49. The van der Waals surface area contributed by atoms with E-state index in [-0.39, 0.29) is 12.4 Å². The molecule has 0 bridgehead atoms. The molecule has 3 rings (SSSR count). The first-order valence-corrected chi connectivity index (χ1v) is 7.61. The molecule has 0 N–H and O–H groups in total. The lowest BCUT2D eigenvalue weighted by molar-refractivity contribution is 0.277. The molecule has 5 nitrogen and oxygen atoms in total. The van der Waals surface area contributed by atoms with Gasteiger partial charge in [-0.15, -0.1) is 0 Å². The van der Waals surface area contributed by atoms with E-state index in [1.54, 1.807) is 25.1 Å². The van der Waals surface area contributed by atoms with Crippen molar-refractivity contribution in [1.29, 1.82) is 10.5 Å². The highest BCUT2D eigenvalue weighted by Gasteiger charge is 2.19. The Bertz CT molecular complexity index is 1050. The molecule has 0 saturated carbocycles. The van der Waals surface area contributed by atoms with Crippen molar-refractivity contribution in [2.45, 2.75) is 13.5 Å². The highest BCUT2D eigenvalue weighted by Crippen LogP contribution is 2.25. The zero-order chi connectivity index (χ0) is 18.7. The molecule has 0 amide bonds. The average molecular weight is 350 g/mol. The number of benzene rings is 2. The molecule has 0 aliphatic rings. The van der Waals surface area contributed by atoms with Crippen molar-refractivity contribution in [3.63, 3.8) is 0 Å². The summed E-state index contributed by atoms with van der Waals surface area (Å²) in [6, 6.07) is 15.0. The predicted molar refractivity (Wildman–Crippen MR) is 88.4 cm³/mol. The lowest BCUT2D eigenvalue weighted by Gasteiger charge is -2.11. The summed E-state index contributed by atoms with van der Waals surface area (Å²) in [6.07, 6.45) is 0. The Balaban J connectivity index is 1.98. The van der Waals surface area contributed by atoms with Gasteiger partial charge in [0.2, 0.25) is 5.82 Å². The quantitative estimate of drug-likeness (QED) is 0.718. The molecule has 26 heavy (non-hydrogen) atoms. The van der Waals surface area contributed by atoms with Gasteiger partial charge in [-0.05, 0) is 31.2 Å². The summed E-state index contributed by atoms with van der Waals surface area (Å²) in [7, 11) is 0. The van der Waals surface area contributed by atoms with E-state index in [1.165, 1.54) is 10.7 Å². The highest BCUT2D eigenvalue weighted by molar-refractivity contribution is 5.44. The molecular weight excluding hydrogens is 338 g/mol. The number of halogens is 2. The molecule has 0 unspecified atom stereocenters. The van der Waals surface area contributed by atoms with Gasteiger partial charge in [0.05, 0.1) is 22.6 Å². The average Bonchev–Trinajstić information content (AvgIpc) is 2.99. The van der Waals surface area contributed by atoms with Crippen LogP contribution in [-0.2, 0) is 6.61 Å². The predicted octanol–water partition coefficient (Wildman–Crippen LogP) is 3.78. The van der Waals surface area contributed by atoms with Gasteiger partial charge in [0, 0.05) is 0 Å². The van der Waals surface area contributed by atoms with Crippen molar-refractivity contribution in [3.8, 4) is 23.6 Å². The van der Waals surface area contributed by atoms with Crippen molar-refractivity contribution >= 4 is 0 Å². The van der Waals surface area contributed by atoms with Gasteiger partial charge in [-0.3, -0.25) is 0 Å². The first-order chi connectivity index (χ1) is 12.6. The summed E-state index contributed by atoms with van der Waals surface area (Å²) in [4.78, 5) is 0. The smallest absolute Gasteiger partial charge is 0.202 e. The van der Waals surface area contributed by atoms with Crippen LogP contribution in [0.25, 0.3) is 5.69 Å². The Hall–Kier alpha value is -3.71. The highest BCUT2D eigenvalue weighted by atomic mass is 19.2. The minimum absolute atomic E-state index is 0.194. The number of nitriles is 2. The fraction of sp³-hybridized carbons (Fsp3) is 0.105. The van der Waals surface area contributed by atoms with E-state index in [9.17, 15) is 14.0 Å². The second kappa shape index (κ2) is 7.04. The third kappa shape index (κ3) is 2.99. The Morgan fingerprint density at radius 3 is 2.42 bits per heavy atom. The SMILES string of the molecule is Cc1nn(-c2ccccc2)c(COc2ccc(C#N)c(F)c2F)c1C#N. The molecule has 128 valence electrons. The Kier molecular flexibility index (Phi) is 4.64. The van der Waals surface area contributed by atoms with E-state index < -0.39 is 17.2 Å². The van der Waals surface area contributed by atoms with E-state index in [4.69, 9.17) is 10.00 Å². The maximum absolute atomic E-state index is 14.0. The number of hydrogen-bond donors (Lipinski definition) is 0. The molecular formula is C19H12F2N4O. The lowest BCUT2D eigenvalue weighted by atomic mass is 10.2. The fourth-order valence-electron chi connectivity index (χ4n) is 2.51. The van der Waals surface area contributed by atoms with Gasteiger partial charge in [-0.25, -0.2) is 9.07 Å². The number of rotatable bonds is 4. The van der Waals surface area contributed by atoms with Crippen LogP contribution in [0, 0.1) is 41.2 Å². The summed E-state index contributed by atoms with van der Waals surface area (Å²) in [5.41, 5.74) is 1.53. The first kappa shape index (κ1) is 17.1. The van der Waals surface area contributed by atoms with Crippen LogP contribution < -0.4 is 4.74 Å². The summed E-state index contributed by atoms with van der Waals surface area (Å²) < 4.78 is 34.7. The van der Waals surface area contributed by atoms with Crippen LogP contribution in [0.3, 0.4) is 0 Å². The van der Waals surface area contributed by atoms with E-state index in [1.807, 2.05) is 18.2 Å². The number of hydrogen-bond acceptors (Lipinski definition) is 4. The van der Waals surface area contributed by atoms with E-state index in [2.05, 4.69) is 11.2 Å². The van der Waals surface area contributed by atoms with Gasteiger partial charge in [0.25, 0.3) is 0 Å². The van der Waals surface area contributed by atoms with Crippen LogP contribution in [0.1, 0.15) is 22.5 Å². The summed E-state index contributed by atoms with van der Waals surface area (Å²) in [5.74, 6) is -2.85. The minimum Gasteiger partial charge on any atom is -0.484 e. The molecule has 0 saturated heterocycles. The molecule has 0 aliphatic heterocycles. The number of nitrogens with zero attached hydrogens (tertiary/aromatic N) is 4. The molecule has 0 aliphatic carbocycles. The zero-order valence-electron chi connectivity index (χ0n) is 13.7. The van der Waals surface area contributed by atoms with Crippen LogP contribution in [0.15, 0.2) is 42.5 Å². The van der Waals surface area contributed by atoms with Crippen LogP contribution in [-0.4, -0.2) is 9.78 Å². The Labute approximate surface area is 148 Å². The van der Waals surface area contributed by atoms with Gasteiger partial charge in [-0.2, -0.15) is 20.0 Å². The van der Waals surface area contributed by atoms with Crippen molar-refractivity contribution in [2.75, 3.05) is 0 Å². The second-order valence-electron chi connectivity index (χ2n) is 5.41. The van der Waals surface area contributed by atoms with Gasteiger partial charge >= 0.3 is 0 Å². The van der Waals surface area contributed by atoms with Crippen molar-refractivity contribution in [2.24, 2.45) is 0 Å². The molecule has 0 spiro atoms. The van der Waals surface area contributed by atoms with E-state index in [0.717, 1.165) is 6.07 Å². The van der Waals surface area contributed by atoms with Crippen molar-refractivity contribution < 1.29 is 13.5 Å². The normalized spacial score (nSPS) is 10.2. The molecule has 3 aromatic rings. The monoisotopic (exact) mass is 350 g/mol. The van der Waals surface area contributed by atoms with Gasteiger partial charge in [-0.1, -0.05) is 18.2 Å². The molecule has 0 atom stereocenters. The van der Waals surface area contributed by atoms with Crippen LogP contribution in [0.5, 0.6) is 5.75 Å². The lowest BCUT2D eigenvalue weighted by Crippen LogP contribution is -2.08. The van der Waals surface area contributed by atoms with Crippen LogP contribution in [0.4, 0.5) is 8.78 Å².